The molecule has 2 aromatic heterocycles. The van der Waals surface area contributed by atoms with E-state index in [4.69, 9.17) is 4.74 Å². The lowest BCUT2D eigenvalue weighted by molar-refractivity contribution is 0.413. The van der Waals surface area contributed by atoms with Crippen LogP contribution in [0.3, 0.4) is 0 Å². The van der Waals surface area contributed by atoms with Crippen LogP contribution in [0.5, 0.6) is 5.75 Å². The summed E-state index contributed by atoms with van der Waals surface area (Å²) in [4.78, 5) is 12.1. The van der Waals surface area contributed by atoms with Crippen molar-refractivity contribution in [3.8, 4) is 16.2 Å². The van der Waals surface area contributed by atoms with Crippen molar-refractivity contribution in [1.82, 2.24) is 15.3 Å². The summed E-state index contributed by atoms with van der Waals surface area (Å²) in [5.41, 5.74) is 1.05. The Balaban J connectivity index is 1.83. The first kappa shape index (κ1) is 12.4. The zero-order valence-electron chi connectivity index (χ0n) is 10.8. The van der Waals surface area contributed by atoms with Crippen molar-refractivity contribution in [2.75, 3.05) is 38.2 Å². The molecular formula is C13H16N4OS. The number of hydrogen-bond acceptors (Lipinski definition) is 6. The van der Waals surface area contributed by atoms with Gasteiger partial charge in [-0.05, 0) is 6.07 Å². The first-order chi connectivity index (χ1) is 9.36. The predicted octanol–water partition coefficient (Wildman–Crippen LogP) is 1.62. The van der Waals surface area contributed by atoms with Crippen LogP contribution in [-0.2, 0) is 0 Å². The van der Waals surface area contributed by atoms with Gasteiger partial charge in [0.2, 0.25) is 0 Å². The molecule has 1 saturated heterocycles. The van der Waals surface area contributed by atoms with Gasteiger partial charge < -0.3 is 15.0 Å². The Morgan fingerprint density at radius 3 is 2.89 bits per heavy atom. The average Bonchev–Trinajstić information content (AvgIpc) is 2.98. The number of methoxy groups -OCH3 is 1. The molecule has 0 bridgehead atoms. The Morgan fingerprint density at radius 2 is 2.11 bits per heavy atom. The fraction of sp³-hybridized carbons (Fsp3) is 0.385. The molecule has 0 aromatic carbocycles. The van der Waals surface area contributed by atoms with Gasteiger partial charge >= 0.3 is 0 Å². The van der Waals surface area contributed by atoms with Crippen LogP contribution in [0.1, 0.15) is 0 Å². The van der Waals surface area contributed by atoms with Crippen molar-refractivity contribution in [1.29, 1.82) is 0 Å². The van der Waals surface area contributed by atoms with E-state index >= 15 is 0 Å². The van der Waals surface area contributed by atoms with E-state index < -0.39 is 0 Å². The highest BCUT2D eigenvalue weighted by Crippen LogP contribution is 2.32. The SMILES string of the molecule is COc1cncc(-c2cnc(N3CCNCC3)s2)c1. The van der Waals surface area contributed by atoms with Gasteiger partial charge in [0.15, 0.2) is 5.13 Å². The van der Waals surface area contributed by atoms with Gasteiger partial charge in [-0.3, -0.25) is 4.98 Å². The van der Waals surface area contributed by atoms with Gasteiger partial charge in [0.25, 0.3) is 0 Å². The molecule has 100 valence electrons. The molecule has 19 heavy (non-hydrogen) atoms. The quantitative estimate of drug-likeness (QED) is 0.923. The van der Waals surface area contributed by atoms with Gasteiger partial charge in [0.1, 0.15) is 5.75 Å². The summed E-state index contributed by atoms with van der Waals surface area (Å²) >= 11 is 1.70. The van der Waals surface area contributed by atoms with Crippen molar-refractivity contribution in [3.05, 3.63) is 24.7 Å². The number of hydrogen-bond donors (Lipinski definition) is 1. The molecule has 6 heteroatoms. The smallest absolute Gasteiger partial charge is 0.185 e. The summed E-state index contributed by atoms with van der Waals surface area (Å²) in [5, 5.41) is 4.43. The Labute approximate surface area is 116 Å². The van der Waals surface area contributed by atoms with Crippen LogP contribution < -0.4 is 15.0 Å². The first-order valence-corrected chi connectivity index (χ1v) is 7.09. The van der Waals surface area contributed by atoms with E-state index in [0.29, 0.717) is 0 Å². The topological polar surface area (TPSA) is 50.3 Å². The molecule has 1 aliphatic heterocycles. The zero-order valence-corrected chi connectivity index (χ0v) is 11.6. The third kappa shape index (κ3) is 2.69. The van der Waals surface area contributed by atoms with E-state index in [1.807, 2.05) is 18.5 Å². The molecule has 0 radical (unpaired) electrons. The summed E-state index contributed by atoms with van der Waals surface area (Å²) in [6.07, 6.45) is 5.47. The summed E-state index contributed by atoms with van der Waals surface area (Å²) in [5.74, 6) is 0.773. The van der Waals surface area contributed by atoms with Crippen LogP contribution in [0.2, 0.25) is 0 Å². The van der Waals surface area contributed by atoms with Gasteiger partial charge in [-0.25, -0.2) is 4.98 Å². The van der Waals surface area contributed by atoms with Crippen molar-refractivity contribution in [2.24, 2.45) is 0 Å². The van der Waals surface area contributed by atoms with Crippen LogP contribution in [0.25, 0.3) is 10.4 Å². The number of thiazole rings is 1. The molecule has 5 nitrogen and oxygen atoms in total. The summed E-state index contributed by atoms with van der Waals surface area (Å²) in [6.45, 7) is 4.08. The monoisotopic (exact) mass is 276 g/mol. The number of pyridine rings is 1. The molecule has 0 aliphatic carbocycles. The van der Waals surface area contributed by atoms with Crippen molar-refractivity contribution < 1.29 is 4.74 Å². The van der Waals surface area contributed by atoms with Gasteiger partial charge in [0.05, 0.1) is 18.2 Å². The van der Waals surface area contributed by atoms with Gasteiger partial charge in [-0.15, -0.1) is 0 Å². The van der Waals surface area contributed by atoms with Gasteiger partial charge in [-0.2, -0.15) is 0 Å². The highest BCUT2D eigenvalue weighted by atomic mass is 32.1. The minimum atomic E-state index is 0.773. The molecule has 1 N–H and O–H groups in total. The van der Waals surface area contributed by atoms with E-state index in [1.54, 1.807) is 24.6 Å². The largest absolute Gasteiger partial charge is 0.495 e. The fourth-order valence-electron chi connectivity index (χ4n) is 2.07. The normalized spacial score (nSPS) is 15.5. The molecule has 3 rings (SSSR count). The van der Waals surface area contributed by atoms with Crippen LogP contribution >= 0.6 is 11.3 Å². The highest BCUT2D eigenvalue weighted by Gasteiger charge is 2.14. The van der Waals surface area contributed by atoms with E-state index in [1.165, 1.54) is 0 Å². The van der Waals surface area contributed by atoms with E-state index in [-0.39, 0.29) is 0 Å². The summed E-state index contributed by atoms with van der Waals surface area (Å²) in [6, 6.07) is 1.99. The minimum absolute atomic E-state index is 0.773. The second-order valence-electron chi connectivity index (χ2n) is 4.36. The van der Waals surface area contributed by atoms with E-state index in [2.05, 4.69) is 20.2 Å². The van der Waals surface area contributed by atoms with Crippen LogP contribution in [0.4, 0.5) is 5.13 Å². The van der Waals surface area contributed by atoms with Crippen molar-refractivity contribution in [3.63, 3.8) is 0 Å². The standard InChI is InChI=1S/C13H16N4OS/c1-18-11-6-10(7-15-8-11)12-9-16-13(19-12)17-4-2-14-3-5-17/h6-9,14H,2-5H2,1H3. The number of nitrogens with one attached hydrogen (secondary N) is 1. The lowest BCUT2D eigenvalue weighted by atomic mass is 10.2. The van der Waals surface area contributed by atoms with E-state index in [0.717, 1.165) is 47.5 Å². The van der Waals surface area contributed by atoms with Crippen molar-refractivity contribution in [2.45, 2.75) is 0 Å². The Hall–Kier alpha value is -1.66. The number of nitrogens with zero attached hydrogens (tertiary/aromatic N) is 3. The number of aromatic nitrogens is 2. The third-order valence-corrected chi connectivity index (χ3v) is 4.22. The maximum atomic E-state index is 5.20. The number of anilines is 1. The molecular weight excluding hydrogens is 260 g/mol. The molecule has 0 atom stereocenters. The molecule has 1 fully saturated rings. The fourth-order valence-corrected chi connectivity index (χ4v) is 3.01. The molecule has 0 spiro atoms. The minimum Gasteiger partial charge on any atom is -0.495 e. The van der Waals surface area contributed by atoms with E-state index in [9.17, 15) is 0 Å². The number of rotatable bonds is 3. The highest BCUT2D eigenvalue weighted by molar-refractivity contribution is 7.18. The lowest BCUT2D eigenvalue weighted by Gasteiger charge is -2.26. The summed E-state index contributed by atoms with van der Waals surface area (Å²) < 4.78 is 5.20. The average molecular weight is 276 g/mol. The molecule has 3 heterocycles. The van der Waals surface area contributed by atoms with Crippen LogP contribution in [0.15, 0.2) is 24.7 Å². The number of ether oxygens (including phenoxy) is 1. The third-order valence-electron chi connectivity index (χ3n) is 3.11. The second-order valence-corrected chi connectivity index (χ2v) is 5.37. The molecule has 2 aromatic rings. The maximum Gasteiger partial charge on any atom is 0.185 e. The first-order valence-electron chi connectivity index (χ1n) is 6.28. The summed E-state index contributed by atoms with van der Waals surface area (Å²) in [7, 11) is 1.65. The molecule has 1 aliphatic rings. The van der Waals surface area contributed by atoms with Crippen molar-refractivity contribution >= 4 is 16.5 Å². The predicted molar refractivity (Wildman–Crippen MR) is 77.0 cm³/mol. The molecule has 0 amide bonds. The Morgan fingerprint density at radius 1 is 1.26 bits per heavy atom. The van der Waals surface area contributed by atoms with Crippen LogP contribution in [-0.4, -0.2) is 43.3 Å². The lowest BCUT2D eigenvalue weighted by Crippen LogP contribution is -2.43. The van der Waals surface area contributed by atoms with Gasteiger partial charge in [0, 0.05) is 44.1 Å². The van der Waals surface area contributed by atoms with Crippen LogP contribution in [0, 0.1) is 0 Å². The Bertz CT molecular complexity index is 551. The second kappa shape index (κ2) is 5.54. The van der Waals surface area contributed by atoms with Gasteiger partial charge in [-0.1, -0.05) is 11.3 Å². The Kier molecular flexibility index (Phi) is 3.61. The maximum absolute atomic E-state index is 5.20. The molecule has 0 unspecified atom stereocenters. The number of piperazine rings is 1. The molecule has 0 saturated carbocycles. The zero-order chi connectivity index (χ0) is 13.1.